The van der Waals surface area contributed by atoms with Gasteiger partial charge >= 0.3 is 5.97 Å². The molecule has 1 unspecified atom stereocenters. The van der Waals surface area contributed by atoms with E-state index in [9.17, 15) is 9.59 Å². The van der Waals surface area contributed by atoms with E-state index in [0.29, 0.717) is 19.7 Å². The van der Waals surface area contributed by atoms with E-state index in [2.05, 4.69) is 0 Å². The molecule has 0 radical (unpaired) electrons. The van der Waals surface area contributed by atoms with Crippen LogP contribution in [0.2, 0.25) is 0 Å². The van der Waals surface area contributed by atoms with E-state index in [-0.39, 0.29) is 12.3 Å². The highest BCUT2D eigenvalue weighted by molar-refractivity contribution is 5.89. The molecule has 25 heavy (non-hydrogen) atoms. The third-order valence-corrected chi connectivity index (χ3v) is 5.32. The Kier molecular flexibility index (Phi) is 5.27. The van der Waals surface area contributed by atoms with Crippen LogP contribution in [-0.2, 0) is 19.7 Å². The van der Waals surface area contributed by atoms with Crippen LogP contribution in [0.15, 0.2) is 24.3 Å². The Hall–Kier alpha value is -2.08. The summed E-state index contributed by atoms with van der Waals surface area (Å²) in [6.07, 6.45) is 3.17. The van der Waals surface area contributed by atoms with Crippen LogP contribution < -0.4 is 4.74 Å². The summed E-state index contributed by atoms with van der Waals surface area (Å²) in [6, 6.07) is 7.77. The van der Waals surface area contributed by atoms with Gasteiger partial charge in [0, 0.05) is 13.1 Å². The molecule has 0 spiro atoms. The zero-order chi connectivity index (χ0) is 17.9. The number of hydrogen-bond donors (Lipinski definition) is 1. The Morgan fingerprint density at radius 1 is 1.36 bits per heavy atom. The minimum absolute atomic E-state index is 0.0735. The third-order valence-electron chi connectivity index (χ3n) is 5.32. The summed E-state index contributed by atoms with van der Waals surface area (Å²) in [6.45, 7) is 1.25. The number of amides is 1. The highest BCUT2D eigenvalue weighted by Crippen LogP contribution is 2.43. The summed E-state index contributed by atoms with van der Waals surface area (Å²) >= 11 is 0. The molecule has 1 saturated carbocycles. The molecule has 1 aliphatic carbocycles. The van der Waals surface area contributed by atoms with Gasteiger partial charge in [0.1, 0.15) is 5.75 Å². The van der Waals surface area contributed by atoms with E-state index >= 15 is 0 Å². The fraction of sp³-hybridized carbons (Fsp3) is 0.579. The Morgan fingerprint density at radius 2 is 2.12 bits per heavy atom. The van der Waals surface area contributed by atoms with Crippen molar-refractivity contribution in [3.8, 4) is 5.75 Å². The number of benzene rings is 1. The van der Waals surface area contributed by atoms with Crippen LogP contribution in [0, 0.1) is 0 Å². The first-order valence-electron chi connectivity index (χ1n) is 8.82. The van der Waals surface area contributed by atoms with Crippen molar-refractivity contribution in [2.24, 2.45) is 0 Å². The van der Waals surface area contributed by atoms with Gasteiger partial charge in [0.05, 0.1) is 31.7 Å². The summed E-state index contributed by atoms with van der Waals surface area (Å²) in [5, 5.41) is 8.99. The van der Waals surface area contributed by atoms with Crippen molar-refractivity contribution in [3.63, 3.8) is 0 Å². The Morgan fingerprint density at radius 3 is 2.80 bits per heavy atom. The molecule has 1 aromatic rings. The predicted octanol–water partition coefficient (Wildman–Crippen LogP) is 2.21. The zero-order valence-corrected chi connectivity index (χ0v) is 14.6. The number of carboxylic acid groups (broad SMARTS) is 1. The topological polar surface area (TPSA) is 76.1 Å². The quantitative estimate of drug-likeness (QED) is 0.884. The van der Waals surface area contributed by atoms with Crippen molar-refractivity contribution < 1.29 is 24.2 Å². The molecule has 136 valence electrons. The highest BCUT2D eigenvalue weighted by Gasteiger charge is 2.46. The number of nitrogens with zero attached hydrogens (tertiary/aromatic N) is 1. The van der Waals surface area contributed by atoms with Gasteiger partial charge in [0.25, 0.3) is 0 Å². The van der Waals surface area contributed by atoms with Gasteiger partial charge in [-0.3, -0.25) is 9.59 Å². The minimum atomic E-state index is -0.900. The molecule has 1 aliphatic heterocycles. The van der Waals surface area contributed by atoms with E-state index in [1.165, 1.54) is 0 Å². The molecule has 2 fully saturated rings. The maximum atomic E-state index is 13.4. The SMILES string of the molecule is COc1cccc(C2(C(=O)N3CCOC(CC(=O)O)C3)CCCC2)c1. The summed E-state index contributed by atoms with van der Waals surface area (Å²) in [5.74, 6) is -0.0538. The van der Waals surface area contributed by atoms with Gasteiger partial charge in [0.2, 0.25) is 5.91 Å². The van der Waals surface area contributed by atoms with Crippen LogP contribution in [0.4, 0.5) is 0 Å². The number of aliphatic carboxylic acids is 1. The molecule has 0 bridgehead atoms. The molecular weight excluding hydrogens is 322 g/mol. The lowest BCUT2D eigenvalue weighted by atomic mass is 9.77. The molecule has 0 aromatic heterocycles. The number of carbonyl (C=O) groups excluding carboxylic acids is 1. The van der Waals surface area contributed by atoms with Gasteiger partial charge in [-0.2, -0.15) is 0 Å². The van der Waals surface area contributed by atoms with Crippen molar-refractivity contribution in [1.29, 1.82) is 0 Å². The Labute approximate surface area is 147 Å². The number of carboxylic acids is 1. The molecule has 1 heterocycles. The first-order chi connectivity index (χ1) is 12.0. The van der Waals surface area contributed by atoms with Gasteiger partial charge in [-0.25, -0.2) is 0 Å². The predicted molar refractivity (Wildman–Crippen MR) is 91.7 cm³/mol. The van der Waals surface area contributed by atoms with E-state index < -0.39 is 17.5 Å². The molecule has 1 atom stereocenters. The van der Waals surface area contributed by atoms with Crippen molar-refractivity contribution in [3.05, 3.63) is 29.8 Å². The number of carbonyl (C=O) groups is 2. The van der Waals surface area contributed by atoms with E-state index in [4.69, 9.17) is 14.6 Å². The molecule has 6 heteroatoms. The molecular formula is C19H25NO5. The fourth-order valence-electron chi connectivity index (χ4n) is 4.05. The fourth-order valence-corrected chi connectivity index (χ4v) is 4.05. The van der Waals surface area contributed by atoms with Crippen LogP contribution in [0.3, 0.4) is 0 Å². The van der Waals surface area contributed by atoms with Crippen LogP contribution >= 0.6 is 0 Å². The summed E-state index contributed by atoms with van der Waals surface area (Å²) in [5.41, 5.74) is 0.468. The maximum Gasteiger partial charge on any atom is 0.306 e. The maximum absolute atomic E-state index is 13.4. The second-order valence-electron chi connectivity index (χ2n) is 6.86. The van der Waals surface area contributed by atoms with E-state index in [0.717, 1.165) is 37.0 Å². The van der Waals surface area contributed by atoms with Gasteiger partial charge in [0.15, 0.2) is 0 Å². The van der Waals surface area contributed by atoms with Crippen LogP contribution in [0.1, 0.15) is 37.7 Å². The number of ether oxygens (including phenoxy) is 2. The lowest BCUT2D eigenvalue weighted by molar-refractivity contribution is -0.150. The Bertz CT molecular complexity index is 638. The summed E-state index contributed by atoms with van der Waals surface area (Å²) in [4.78, 5) is 26.2. The zero-order valence-electron chi connectivity index (χ0n) is 14.6. The average Bonchev–Trinajstić information content (AvgIpc) is 3.12. The van der Waals surface area contributed by atoms with Gasteiger partial charge in [-0.1, -0.05) is 25.0 Å². The Balaban J connectivity index is 1.84. The minimum Gasteiger partial charge on any atom is -0.497 e. The molecule has 3 rings (SSSR count). The average molecular weight is 347 g/mol. The molecule has 1 aromatic carbocycles. The number of methoxy groups -OCH3 is 1. The second kappa shape index (κ2) is 7.44. The highest BCUT2D eigenvalue weighted by atomic mass is 16.5. The van der Waals surface area contributed by atoms with Gasteiger partial charge in [-0.15, -0.1) is 0 Å². The van der Waals surface area contributed by atoms with Gasteiger partial charge in [-0.05, 0) is 30.5 Å². The molecule has 1 N–H and O–H groups in total. The lowest BCUT2D eigenvalue weighted by Crippen LogP contribution is -2.52. The van der Waals surface area contributed by atoms with Crippen molar-refractivity contribution in [2.75, 3.05) is 26.8 Å². The van der Waals surface area contributed by atoms with E-state index in [1.807, 2.05) is 24.3 Å². The van der Waals surface area contributed by atoms with Crippen LogP contribution in [-0.4, -0.2) is 54.8 Å². The van der Waals surface area contributed by atoms with Crippen molar-refractivity contribution >= 4 is 11.9 Å². The van der Waals surface area contributed by atoms with Crippen LogP contribution in [0.5, 0.6) is 5.75 Å². The summed E-state index contributed by atoms with van der Waals surface area (Å²) < 4.78 is 10.8. The molecule has 2 aliphatic rings. The van der Waals surface area contributed by atoms with Crippen molar-refractivity contribution in [2.45, 2.75) is 43.6 Å². The number of morpholine rings is 1. The lowest BCUT2D eigenvalue weighted by Gasteiger charge is -2.39. The normalized spacial score (nSPS) is 22.6. The van der Waals surface area contributed by atoms with Gasteiger partial charge < -0.3 is 19.5 Å². The monoisotopic (exact) mass is 347 g/mol. The first kappa shape index (κ1) is 17.7. The third kappa shape index (κ3) is 3.63. The smallest absolute Gasteiger partial charge is 0.306 e. The first-order valence-corrected chi connectivity index (χ1v) is 8.82. The standard InChI is InChI=1S/C19H25NO5/c1-24-15-6-4-5-14(11-15)19(7-2-3-8-19)18(23)20-9-10-25-16(13-20)12-17(21)22/h4-6,11,16H,2-3,7-10,12-13H2,1H3,(H,21,22). The van der Waals surface area contributed by atoms with Crippen LogP contribution in [0.25, 0.3) is 0 Å². The second-order valence-corrected chi connectivity index (χ2v) is 6.86. The van der Waals surface area contributed by atoms with E-state index in [1.54, 1.807) is 12.0 Å². The molecule has 1 saturated heterocycles. The molecule has 1 amide bonds. The largest absolute Gasteiger partial charge is 0.497 e. The van der Waals surface area contributed by atoms with Crippen molar-refractivity contribution in [1.82, 2.24) is 4.90 Å². The number of rotatable bonds is 5. The number of hydrogen-bond acceptors (Lipinski definition) is 4. The molecule has 6 nitrogen and oxygen atoms in total. The summed E-state index contributed by atoms with van der Waals surface area (Å²) in [7, 11) is 1.63.